The SMILES string of the molecule is CCCNc1cc(C(=O)NC2CC(OCC)C2)c(Cl)cn1. The number of hydrogen-bond acceptors (Lipinski definition) is 4. The molecule has 0 radical (unpaired) electrons. The smallest absolute Gasteiger partial charge is 0.253 e. The Morgan fingerprint density at radius 2 is 2.24 bits per heavy atom. The molecule has 0 aliphatic heterocycles. The van der Waals surface area contributed by atoms with Gasteiger partial charge in [0.2, 0.25) is 0 Å². The molecule has 0 atom stereocenters. The molecule has 1 aromatic rings. The van der Waals surface area contributed by atoms with Gasteiger partial charge in [-0.15, -0.1) is 0 Å². The first-order valence-electron chi connectivity index (χ1n) is 7.45. The third-order valence-electron chi connectivity index (χ3n) is 3.49. The maximum absolute atomic E-state index is 12.3. The number of anilines is 1. The number of nitrogens with one attached hydrogen (secondary N) is 2. The third-order valence-corrected chi connectivity index (χ3v) is 3.79. The molecule has 5 nitrogen and oxygen atoms in total. The number of rotatable bonds is 7. The van der Waals surface area contributed by atoms with E-state index < -0.39 is 0 Å². The molecule has 21 heavy (non-hydrogen) atoms. The largest absolute Gasteiger partial charge is 0.378 e. The molecule has 2 N–H and O–H groups in total. The zero-order chi connectivity index (χ0) is 15.2. The van der Waals surface area contributed by atoms with E-state index in [0.29, 0.717) is 23.0 Å². The summed E-state index contributed by atoms with van der Waals surface area (Å²) in [6.07, 6.45) is 4.51. The van der Waals surface area contributed by atoms with Crippen molar-refractivity contribution >= 4 is 23.3 Å². The average Bonchev–Trinajstić information content (AvgIpc) is 2.44. The summed E-state index contributed by atoms with van der Waals surface area (Å²) in [5.41, 5.74) is 0.463. The van der Waals surface area contributed by atoms with Crippen molar-refractivity contribution in [3.8, 4) is 0 Å². The lowest BCUT2D eigenvalue weighted by Gasteiger charge is -2.35. The number of aromatic nitrogens is 1. The maximum Gasteiger partial charge on any atom is 0.253 e. The van der Waals surface area contributed by atoms with E-state index in [0.717, 1.165) is 25.8 Å². The second-order valence-electron chi connectivity index (χ2n) is 5.20. The van der Waals surface area contributed by atoms with Gasteiger partial charge in [0, 0.05) is 25.4 Å². The summed E-state index contributed by atoms with van der Waals surface area (Å²) in [6, 6.07) is 1.87. The highest BCUT2D eigenvalue weighted by molar-refractivity contribution is 6.33. The van der Waals surface area contributed by atoms with Gasteiger partial charge in [-0.1, -0.05) is 18.5 Å². The summed E-state index contributed by atoms with van der Waals surface area (Å²) in [5, 5.41) is 6.51. The van der Waals surface area contributed by atoms with Crippen molar-refractivity contribution in [2.75, 3.05) is 18.5 Å². The number of carbonyl (C=O) groups is 1. The molecule has 1 aliphatic carbocycles. The van der Waals surface area contributed by atoms with Crippen LogP contribution in [0.2, 0.25) is 5.02 Å². The number of halogens is 1. The van der Waals surface area contributed by atoms with E-state index in [1.807, 2.05) is 6.92 Å². The molecule has 1 saturated carbocycles. The van der Waals surface area contributed by atoms with Gasteiger partial charge in [-0.25, -0.2) is 4.98 Å². The average molecular weight is 312 g/mol. The van der Waals surface area contributed by atoms with Crippen LogP contribution in [0.1, 0.15) is 43.5 Å². The van der Waals surface area contributed by atoms with Gasteiger partial charge in [-0.05, 0) is 32.3 Å². The van der Waals surface area contributed by atoms with Crippen LogP contribution < -0.4 is 10.6 Å². The van der Waals surface area contributed by atoms with Crippen LogP contribution >= 0.6 is 11.6 Å². The van der Waals surface area contributed by atoms with Crippen LogP contribution in [-0.4, -0.2) is 36.2 Å². The molecule has 1 fully saturated rings. The minimum absolute atomic E-state index is 0.151. The topological polar surface area (TPSA) is 63.2 Å². The van der Waals surface area contributed by atoms with Gasteiger partial charge in [0.1, 0.15) is 5.82 Å². The Bertz CT molecular complexity index is 490. The fourth-order valence-corrected chi connectivity index (χ4v) is 2.47. The summed E-state index contributed by atoms with van der Waals surface area (Å²) in [5.74, 6) is 0.522. The van der Waals surface area contributed by atoms with Gasteiger partial charge < -0.3 is 15.4 Å². The van der Waals surface area contributed by atoms with E-state index in [4.69, 9.17) is 16.3 Å². The number of nitrogens with zero attached hydrogens (tertiary/aromatic N) is 1. The molecule has 0 bridgehead atoms. The molecular formula is C15H22ClN3O2. The Balaban J connectivity index is 1.92. The molecule has 1 aliphatic rings. The van der Waals surface area contributed by atoms with Crippen LogP contribution in [0.15, 0.2) is 12.3 Å². The number of amides is 1. The Hall–Kier alpha value is -1.33. The second kappa shape index (κ2) is 7.61. The highest BCUT2D eigenvalue weighted by atomic mass is 35.5. The molecular weight excluding hydrogens is 290 g/mol. The van der Waals surface area contributed by atoms with Crippen LogP contribution in [-0.2, 0) is 4.74 Å². The van der Waals surface area contributed by atoms with Crippen LogP contribution in [0, 0.1) is 0 Å². The van der Waals surface area contributed by atoms with Gasteiger partial charge >= 0.3 is 0 Å². The Kier molecular flexibility index (Phi) is 5.82. The van der Waals surface area contributed by atoms with Gasteiger partial charge in [0.05, 0.1) is 16.7 Å². The molecule has 116 valence electrons. The second-order valence-corrected chi connectivity index (χ2v) is 5.60. The molecule has 0 spiro atoms. The Morgan fingerprint density at radius 1 is 1.48 bits per heavy atom. The highest BCUT2D eigenvalue weighted by Crippen LogP contribution is 2.25. The lowest BCUT2D eigenvalue weighted by molar-refractivity contribution is -0.00862. The molecule has 2 rings (SSSR count). The van der Waals surface area contributed by atoms with Gasteiger partial charge in [-0.2, -0.15) is 0 Å². The fourth-order valence-electron chi connectivity index (χ4n) is 2.28. The van der Waals surface area contributed by atoms with E-state index in [9.17, 15) is 4.79 Å². The lowest BCUT2D eigenvalue weighted by atomic mass is 9.89. The van der Waals surface area contributed by atoms with Crippen molar-refractivity contribution in [1.82, 2.24) is 10.3 Å². The summed E-state index contributed by atoms with van der Waals surface area (Å²) in [6.45, 7) is 5.58. The summed E-state index contributed by atoms with van der Waals surface area (Å²) < 4.78 is 5.49. The lowest BCUT2D eigenvalue weighted by Crippen LogP contribution is -2.47. The van der Waals surface area contributed by atoms with Crippen molar-refractivity contribution in [3.05, 3.63) is 22.8 Å². The van der Waals surface area contributed by atoms with Crippen molar-refractivity contribution in [3.63, 3.8) is 0 Å². The molecule has 0 unspecified atom stereocenters. The maximum atomic E-state index is 12.3. The van der Waals surface area contributed by atoms with Crippen molar-refractivity contribution < 1.29 is 9.53 Å². The van der Waals surface area contributed by atoms with Crippen LogP contribution in [0.5, 0.6) is 0 Å². The highest BCUT2D eigenvalue weighted by Gasteiger charge is 2.31. The fraction of sp³-hybridized carbons (Fsp3) is 0.600. The third kappa shape index (κ3) is 4.32. The molecule has 6 heteroatoms. The normalized spacial score (nSPS) is 20.7. The van der Waals surface area contributed by atoms with Gasteiger partial charge in [-0.3, -0.25) is 4.79 Å². The molecule has 0 aromatic carbocycles. The number of hydrogen-bond donors (Lipinski definition) is 2. The standard InChI is InChI=1S/C15H22ClN3O2/c1-3-5-17-14-8-12(13(16)9-18-14)15(20)19-10-6-11(7-10)21-4-2/h8-11H,3-7H2,1-2H3,(H,17,18)(H,19,20). The van der Waals surface area contributed by atoms with Gasteiger partial charge in [0.25, 0.3) is 5.91 Å². The summed E-state index contributed by atoms with van der Waals surface area (Å²) >= 11 is 6.07. The zero-order valence-electron chi connectivity index (χ0n) is 12.5. The Morgan fingerprint density at radius 3 is 2.90 bits per heavy atom. The zero-order valence-corrected chi connectivity index (χ0v) is 13.2. The first-order chi connectivity index (χ1) is 10.1. The predicted octanol–water partition coefficient (Wildman–Crippen LogP) is 2.85. The first-order valence-corrected chi connectivity index (χ1v) is 7.83. The van der Waals surface area contributed by atoms with Crippen LogP contribution in [0.3, 0.4) is 0 Å². The quantitative estimate of drug-likeness (QED) is 0.813. The monoisotopic (exact) mass is 311 g/mol. The number of carbonyl (C=O) groups excluding carboxylic acids is 1. The summed E-state index contributed by atoms with van der Waals surface area (Å²) in [7, 11) is 0. The van der Waals surface area contributed by atoms with E-state index in [2.05, 4.69) is 22.5 Å². The van der Waals surface area contributed by atoms with Crippen molar-refractivity contribution in [2.24, 2.45) is 0 Å². The molecule has 1 heterocycles. The van der Waals surface area contributed by atoms with E-state index in [1.54, 1.807) is 6.07 Å². The van der Waals surface area contributed by atoms with Crippen LogP contribution in [0.25, 0.3) is 0 Å². The molecule has 1 aromatic heterocycles. The van der Waals surface area contributed by atoms with Crippen molar-refractivity contribution in [2.45, 2.75) is 45.3 Å². The minimum atomic E-state index is -0.151. The predicted molar refractivity (Wildman–Crippen MR) is 83.9 cm³/mol. The molecule has 0 saturated heterocycles. The van der Waals surface area contributed by atoms with Gasteiger partial charge in [0.15, 0.2) is 0 Å². The van der Waals surface area contributed by atoms with E-state index in [1.165, 1.54) is 6.20 Å². The minimum Gasteiger partial charge on any atom is -0.378 e. The van der Waals surface area contributed by atoms with Crippen molar-refractivity contribution in [1.29, 1.82) is 0 Å². The van der Waals surface area contributed by atoms with Crippen LogP contribution in [0.4, 0.5) is 5.82 Å². The summed E-state index contributed by atoms with van der Waals surface area (Å²) in [4.78, 5) is 16.4. The first kappa shape index (κ1) is 16.0. The van der Waals surface area contributed by atoms with E-state index in [-0.39, 0.29) is 18.1 Å². The molecule has 1 amide bonds. The Labute approximate surface area is 130 Å². The number of ether oxygens (including phenoxy) is 1. The van der Waals surface area contributed by atoms with E-state index >= 15 is 0 Å². The number of pyridine rings is 1.